The van der Waals surface area contributed by atoms with Gasteiger partial charge in [0.15, 0.2) is 0 Å². The number of sulfonamides is 1. The third-order valence-corrected chi connectivity index (χ3v) is 5.34. The summed E-state index contributed by atoms with van der Waals surface area (Å²) in [5, 5.41) is 3.07. The van der Waals surface area contributed by atoms with Crippen molar-refractivity contribution >= 4 is 15.9 Å². The van der Waals surface area contributed by atoms with Crippen molar-refractivity contribution in [2.75, 3.05) is 19.6 Å². The largest absolute Gasteiger partial charge is 0.369 e. The molecule has 116 valence electrons. The van der Waals surface area contributed by atoms with Crippen LogP contribution < -0.4 is 11.1 Å². The smallest absolute Gasteiger partial charge is 0.246 e. The summed E-state index contributed by atoms with van der Waals surface area (Å²) in [6.45, 7) is 0.755. The molecule has 1 fully saturated rings. The maximum atomic E-state index is 13.8. The topological polar surface area (TPSA) is 92.5 Å². The van der Waals surface area contributed by atoms with Crippen LogP contribution in [0.5, 0.6) is 0 Å². The van der Waals surface area contributed by atoms with Crippen molar-refractivity contribution in [1.82, 2.24) is 9.62 Å². The van der Waals surface area contributed by atoms with Crippen LogP contribution in [0.1, 0.15) is 12.8 Å². The Morgan fingerprint density at radius 2 is 2.14 bits per heavy atom. The number of hydrogen-bond acceptors (Lipinski definition) is 4. The highest BCUT2D eigenvalue weighted by molar-refractivity contribution is 7.89. The molecule has 0 saturated carbocycles. The van der Waals surface area contributed by atoms with E-state index in [1.54, 1.807) is 0 Å². The Kier molecular flexibility index (Phi) is 4.92. The van der Waals surface area contributed by atoms with Crippen LogP contribution in [0.3, 0.4) is 0 Å². The number of hydrogen-bond donors (Lipinski definition) is 2. The Morgan fingerprint density at radius 3 is 2.71 bits per heavy atom. The molecule has 21 heavy (non-hydrogen) atoms. The summed E-state index contributed by atoms with van der Waals surface area (Å²) in [4.78, 5) is 10.8. The molecule has 1 saturated heterocycles. The molecule has 1 unspecified atom stereocenters. The molecular formula is C13H18FN3O3S. The van der Waals surface area contributed by atoms with E-state index in [1.807, 2.05) is 0 Å². The molecule has 6 nitrogen and oxygen atoms in total. The second-order valence-electron chi connectivity index (χ2n) is 4.95. The van der Waals surface area contributed by atoms with Crippen molar-refractivity contribution in [3.05, 3.63) is 30.1 Å². The molecule has 1 aliphatic heterocycles. The van der Waals surface area contributed by atoms with Crippen molar-refractivity contribution in [2.45, 2.75) is 23.8 Å². The van der Waals surface area contributed by atoms with Crippen LogP contribution in [0.25, 0.3) is 0 Å². The lowest BCUT2D eigenvalue weighted by Gasteiger charge is -2.33. The van der Waals surface area contributed by atoms with Gasteiger partial charge in [0.05, 0.1) is 6.54 Å². The van der Waals surface area contributed by atoms with E-state index in [1.165, 1.54) is 18.2 Å². The summed E-state index contributed by atoms with van der Waals surface area (Å²) in [5.41, 5.74) is 5.15. The van der Waals surface area contributed by atoms with Crippen LogP contribution >= 0.6 is 0 Å². The average molecular weight is 315 g/mol. The van der Waals surface area contributed by atoms with Crippen LogP contribution in [0, 0.1) is 5.82 Å². The maximum absolute atomic E-state index is 13.8. The highest BCUT2D eigenvalue weighted by Gasteiger charge is 2.34. The molecular weight excluding hydrogens is 297 g/mol. The number of primary amides is 1. The zero-order chi connectivity index (χ0) is 15.5. The maximum Gasteiger partial charge on any atom is 0.246 e. The summed E-state index contributed by atoms with van der Waals surface area (Å²) in [6, 6.07) is 4.71. The number of nitrogens with zero attached hydrogens (tertiary/aromatic N) is 1. The van der Waals surface area contributed by atoms with E-state index in [4.69, 9.17) is 5.73 Å². The van der Waals surface area contributed by atoms with Crippen LogP contribution in [-0.2, 0) is 14.8 Å². The lowest BCUT2D eigenvalue weighted by Crippen LogP contribution is -2.51. The molecule has 1 aliphatic rings. The standard InChI is InChI=1S/C13H18FN3O3S/c14-11-5-1-2-6-12(11)21(19,20)17(9-13(15)18)10-4-3-7-16-8-10/h1-2,5-6,10,16H,3-4,7-9H2,(H2,15,18). The predicted octanol–water partition coefficient (Wildman–Crippen LogP) is 0.0537. The lowest BCUT2D eigenvalue weighted by atomic mass is 10.1. The van der Waals surface area contributed by atoms with Crippen molar-refractivity contribution in [1.29, 1.82) is 0 Å². The van der Waals surface area contributed by atoms with Gasteiger partial charge < -0.3 is 11.1 Å². The van der Waals surface area contributed by atoms with Gasteiger partial charge >= 0.3 is 0 Å². The third kappa shape index (κ3) is 3.58. The average Bonchev–Trinajstić information content (AvgIpc) is 2.45. The number of carbonyl (C=O) groups excluding carboxylic acids is 1. The van der Waals surface area contributed by atoms with E-state index >= 15 is 0 Å². The van der Waals surface area contributed by atoms with Crippen LogP contribution in [-0.4, -0.2) is 44.3 Å². The lowest BCUT2D eigenvalue weighted by molar-refractivity contribution is -0.118. The first kappa shape index (κ1) is 15.9. The van der Waals surface area contributed by atoms with Gasteiger partial charge in [0, 0.05) is 12.6 Å². The van der Waals surface area contributed by atoms with Crippen molar-refractivity contribution < 1.29 is 17.6 Å². The predicted molar refractivity (Wildman–Crippen MR) is 75.4 cm³/mol. The Bertz CT molecular complexity index is 615. The van der Waals surface area contributed by atoms with Gasteiger partial charge in [-0.3, -0.25) is 4.79 Å². The molecule has 0 spiro atoms. The molecule has 2 rings (SSSR count). The highest BCUT2D eigenvalue weighted by Crippen LogP contribution is 2.23. The highest BCUT2D eigenvalue weighted by atomic mass is 32.2. The summed E-state index contributed by atoms with van der Waals surface area (Å²) in [7, 11) is -4.11. The normalized spacial score (nSPS) is 19.6. The first-order valence-corrected chi connectivity index (χ1v) is 8.12. The first-order valence-electron chi connectivity index (χ1n) is 6.68. The number of amides is 1. The van der Waals surface area contributed by atoms with Crippen molar-refractivity contribution in [2.24, 2.45) is 5.73 Å². The van der Waals surface area contributed by atoms with Gasteiger partial charge in [-0.25, -0.2) is 12.8 Å². The van der Waals surface area contributed by atoms with E-state index in [2.05, 4.69) is 5.32 Å². The minimum absolute atomic E-state index is 0.407. The van der Waals surface area contributed by atoms with Gasteiger partial charge in [-0.05, 0) is 31.5 Å². The van der Waals surface area contributed by atoms with Gasteiger partial charge in [0.1, 0.15) is 10.7 Å². The molecule has 1 atom stereocenters. The molecule has 1 aromatic carbocycles. The van der Waals surface area contributed by atoms with Gasteiger partial charge in [0.2, 0.25) is 15.9 Å². The van der Waals surface area contributed by atoms with Gasteiger partial charge in [-0.1, -0.05) is 12.1 Å². The number of benzene rings is 1. The Balaban J connectivity index is 2.39. The number of carbonyl (C=O) groups is 1. The van der Waals surface area contributed by atoms with E-state index in [0.29, 0.717) is 13.0 Å². The van der Waals surface area contributed by atoms with E-state index in [0.717, 1.165) is 23.3 Å². The fraction of sp³-hybridized carbons (Fsp3) is 0.462. The SMILES string of the molecule is NC(=O)CN(C1CCCNC1)S(=O)(=O)c1ccccc1F. The fourth-order valence-corrected chi connectivity index (χ4v) is 4.11. The zero-order valence-electron chi connectivity index (χ0n) is 11.5. The molecule has 0 aromatic heterocycles. The van der Waals surface area contributed by atoms with Crippen molar-refractivity contribution in [3.8, 4) is 0 Å². The Morgan fingerprint density at radius 1 is 1.43 bits per heavy atom. The molecule has 1 aromatic rings. The third-order valence-electron chi connectivity index (χ3n) is 3.41. The fourth-order valence-electron chi connectivity index (χ4n) is 2.42. The Hall–Kier alpha value is -1.51. The number of nitrogens with two attached hydrogens (primary N) is 1. The molecule has 8 heteroatoms. The molecule has 3 N–H and O–H groups in total. The number of rotatable bonds is 5. The van der Waals surface area contributed by atoms with Gasteiger partial charge in [-0.15, -0.1) is 0 Å². The summed E-state index contributed by atoms with van der Waals surface area (Å²) in [6.07, 6.45) is 1.39. The Labute approximate surface area is 123 Å². The summed E-state index contributed by atoms with van der Waals surface area (Å²) in [5.74, 6) is -1.60. The van der Waals surface area contributed by atoms with E-state index in [-0.39, 0.29) is 0 Å². The zero-order valence-corrected chi connectivity index (χ0v) is 12.3. The molecule has 0 radical (unpaired) electrons. The van der Waals surface area contributed by atoms with Gasteiger partial charge in [0.25, 0.3) is 0 Å². The molecule has 1 amide bonds. The van der Waals surface area contributed by atoms with Crippen LogP contribution in [0.15, 0.2) is 29.2 Å². The van der Waals surface area contributed by atoms with E-state index in [9.17, 15) is 17.6 Å². The summed E-state index contributed by atoms with van der Waals surface area (Å²) < 4.78 is 40.1. The first-order chi connectivity index (χ1) is 9.93. The quantitative estimate of drug-likeness (QED) is 0.803. The monoisotopic (exact) mass is 315 g/mol. The van der Waals surface area contributed by atoms with E-state index < -0.39 is 39.2 Å². The van der Waals surface area contributed by atoms with Crippen LogP contribution in [0.2, 0.25) is 0 Å². The summed E-state index contributed by atoms with van der Waals surface area (Å²) >= 11 is 0. The minimum atomic E-state index is -4.11. The van der Waals surface area contributed by atoms with Gasteiger partial charge in [-0.2, -0.15) is 4.31 Å². The number of nitrogens with one attached hydrogen (secondary N) is 1. The second kappa shape index (κ2) is 6.50. The second-order valence-corrected chi connectivity index (χ2v) is 6.81. The molecule has 0 bridgehead atoms. The van der Waals surface area contributed by atoms with Crippen LogP contribution in [0.4, 0.5) is 4.39 Å². The molecule has 1 heterocycles. The van der Waals surface area contributed by atoms with Crippen molar-refractivity contribution in [3.63, 3.8) is 0 Å². The number of piperidine rings is 1. The number of halogens is 1. The minimum Gasteiger partial charge on any atom is -0.369 e. The molecule has 0 aliphatic carbocycles.